The molecule has 29 heavy (non-hydrogen) atoms. The van der Waals surface area contributed by atoms with E-state index < -0.39 is 0 Å². The van der Waals surface area contributed by atoms with Crippen molar-refractivity contribution < 1.29 is 9.59 Å². The van der Waals surface area contributed by atoms with E-state index in [2.05, 4.69) is 48.4 Å². The van der Waals surface area contributed by atoms with Crippen LogP contribution in [-0.2, 0) is 29.0 Å². The monoisotopic (exact) mass is 393 g/mol. The van der Waals surface area contributed by atoms with Gasteiger partial charge in [0.05, 0.1) is 6.42 Å². The minimum atomic E-state index is -0.0222. The molecular formula is C24H31N3O2. The summed E-state index contributed by atoms with van der Waals surface area (Å²) in [6.45, 7) is 6.21. The highest BCUT2D eigenvalue weighted by Crippen LogP contribution is 2.19. The van der Waals surface area contributed by atoms with Crippen molar-refractivity contribution in [3.05, 3.63) is 65.5 Å². The summed E-state index contributed by atoms with van der Waals surface area (Å²) in [5, 5.41) is 2.99. The van der Waals surface area contributed by atoms with Crippen LogP contribution >= 0.6 is 0 Å². The molecule has 1 aliphatic heterocycles. The van der Waals surface area contributed by atoms with Crippen molar-refractivity contribution in [2.45, 2.75) is 46.1 Å². The third-order valence-corrected chi connectivity index (χ3v) is 5.43. The van der Waals surface area contributed by atoms with Crippen LogP contribution < -0.4 is 5.32 Å². The van der Waals surface area contributed by atoms with Crippen LogP contribution in [0.1, 0.15) is 43.4 Å². The Hall–Kier alpha value is -2.69. The molecule has 0 radical (unpaired) electrons. The zero-order valence-electron chi connectivity index (χ0n) is 17.4. The number of rotatable bonds is 7. The lowest BCUT2D eigenvalue weighted by molar-refractivity contribution is -0.135. The van der Waals surface area contributed by atoms with Crippen LogP contribution in [-0.4, -0.2) is 34.8 Å². The van der Waals surface area contributed by atoms with Crippen molar-refractivity contribution in [1.29, 1.82) is 0 Å². The summed E-state index contributed by atoms with van der Waals surface area (Å²) in [5.74, 6) is 0.828. The van der Waals surface area contributed by atoms with Crippen molar-refractivity contribution in [3.63, 3.8) is 0 Å². The summed E-state index contributed by atoms with van der Waals surface area (Å²) in [4.78, 5) is 31.0. The second-order valence-corrected chi connectivity index (χ2v) is 8.33. The molecule has 2 amide bonds. The van der Waals surface area contributed by atoms with Gasteiger partial charge in [0.25, 0.3) is 0 Å². The Bertz CT molecular complexity index is 795. The highest BCUT2D eigenvalue weighted by Gasteiger charge is 2.27. The number of aromatic nitrogens is 1. The molecule has 3 rings (SSSR count). The standard InChI is InChI=1S/C24H31N3O2/c1-18(2)14-19-5-7-20(8-6-19)15-23(28)27-12-9-22(10-13-27)24(29)26-17-21-4-3-11-25-16-21/h3-8,11,16,18,22H,9-10,12-15,17H2,1-2H3,(H,26,29). The predicted molar refractivity (Wildman–Crippen MR) is 114 cm³/mol. The van der Waals surface area contributed by atoms with E-state index >= 15 is 0 Å². The van der Waals surface area contributed by atoms with Crippen LogP contribution in [0.15, 0.2) is 48.8 Å². The lowest BCUT2D eigenvalue weighted by atomic mass is 9.95. The maximum absolute atomic E-state index is 12.6. The van der Waals surface area contributed by atoms with Crippen LogP contribution in [0, 0.1) is 11.8 Å². The van der Waals surface area contributed by atoms with E-state index in [0.717, 1.165) is 30.4 Å². The van der Waals surface area contributed by atoms with Crippen molar-refractivity contribution in [2.24, 2.45) is 11.8 Å². The first-order valence-corrected chi connectivity index (χ1v) is 10.5. The Balaban J connectivity index is 1.42. The number of amides is 2. The van der Waals surface area contributed by atoms with Gasteiger partial charge in [0, 0.05) is 37.9 Å². The number of nitrogens with zero attached hydrogens (tertiary/aromatic N) is 2. The summed E-state index contributed by atoms with van der Waals surface area (Å²) < 4.78 is 0. The van der Waals surface area contributed by atoms with Crippen LogP contribution in [0.25, 0.3) is 0 Å². The highest BCUT2D eigenvalue weighted by molar-refractivity contribution is 5.81. The molecule has 1 saturated heterocycles. The Morgan fingerprint density at radius 2 is 1.76 bits per heavy atom. The molecule has 2 heterocycles. The number of nitrogens with one attached hydrogen (secondary N) is 1. The van der Waals surface area contributed by atoms with Gasteiger partial charge in [0.1, 0.15) is 0 Å². The number of benzene rings is 1. The number of likely N-dealkylation sites (tertiary alicyclic amines) is 1. The average molecular weight is 394 g/mol. The molecule has 0 unspecified atom stereocenters. The van der Waals surface area contributed by atoms with Crippen LogP contribution in [0.2, 0.25) is 0 Å². The summed E-state index contributed by atoms with van der Waals surface area (Å²) in [6.07, 6.45) is 6.41. The van der Waals surface area contributed by atoms with E-state index in [1.807, 2.05) is 17.0 Å². The predicted octanol–water partition coefficient (Wildman–Crippen LogP) is 3.38. The fraction of sp³-hybridized carbons (Fsp3) is 0.458. The van der Waals surface area contributed by atoms with Gasteiger partial charge in [-0.15, -0.1) is 0 Å². The second-order valence-electron chi connectivity index (χ2n) is 8.33. The molecule has 0 atom stereocenters. The topological polar surface area (TPSA) is 62.3 Å². The largest absolute Gasteiger partial charge is 0.352 e. The molecule has 1 aromatic carbocycles. The summed E-state index contributed by atoms with van der Waals surface area (Å²) in [6, 6.07) is 12.2. The van der Waals surface area contributed by atoms with E-state index in [9.17, 15) is 9.59 Å². The highest BCUT2D eigenvalue weighted by atomic mass is 16.2. The molecule has 5 heteroatoms. The van der Waals surface area contributed by atoms with Gasteiger partial charge in [-0.1, -0.05) is 44.2 Å². The quantitative estimate of drug-likeness (QED) is 0.784. The van der Waals surface area contributed by atoms with Gasteiger partial charge in [-0.2, -0.15) is 0 Å². The SMILES string of the molecule is CC(C)Cc1ccc(CC(=O)N2CCC(C(=O)NCc3cccnc3)CC2)cc1. The average Bonchev–Trinajstić information content (AvgIpc) is 2.74. The maximum atomic E-state index is 12.6. The maximum Gasteiger partial charge on any atom is 0.226 e. The zero-order chi connectivity index (χ0) is 20.6. The first-order valence-electron chi connectivity index (χ1n) is 10.5. The van der Waals surface area contributed by atoms with Crippen LogP contribution in [0.5, 0.6) is 0 Å². The van der Waals surface area contributed by atoms with Crippen molar-refractivity contribution >= 4 is 11.8 Å². The van der Waals surface area contributed by atoms with Crippen molar-refractivity contribution in [3.8, 4) is 0 Å². The molecule has 0 aliphatic carbocycles. The molecule has 0 bridgehead atoms. The van der Waals surface area contributed by atoms with Gasteiger partial charge in [0.15, 0.2) is 0 Å². The van der Waals surface area contributed by atoms with Gasteiger partial charge < -0.3 is 10.2 Å². The van der Waals surface area contributed by atoms with Gasteiger partial charge in [0.2, 0.25) is 11.8 Å². The lowest BCUT2D eigenvalue weighted by Crippen LogP contribution is -2.43. The molecule has 154 valence electrons. The third-order valence-electron chi connectivity index (χ3n) is 5.43. The van der Waals surface area contributed by atoms with E-state index in [1.165, 1.54) is 5.56 Å². The zero-order valence-corrected chi connectivity index (χ0v) is 17.4. The minimum absolute atomic E-state index is 0.0222. The van der Waals surface area contributed by atoms with Gasteiger partial charge in [-0.3, -0.25) is 14.6 Å². The van der Waals surface area contributed by atoms with E-state index in [1.54, 1.807) is 12.4 Å². The first kappa shape index (κ1) is 21.0. The normalized spacial score (nSPS) is 14.8. The number of carbonyl (C=O) groups excluding carboxylic acids is 2. The molecule has 1 fully saturated rings. The number of pyridine rings is 1. The molecular weight excluding hydrogens is 362 g/mol. The number of hydrogen-bond donors (Lipinski definition) is 1. The molecule has 5 nitrogen and oxygen atoms in total. The Kier molecular flexibility index (Phi) is 7.39. The molecule has 1 aromatic heterocycles. The Morgan fingerprint density at radius 1 is 1.07 bits per heavy atom. The summed E-state index contributed by atoms with van der Waals surface area (Å²) in [5.41, 5.74) is 3.36. The van der Waals surface area contributed by atoms with E-state index in [-0.39, 0.29) is 17.7 Å². The lowest BCUT2D eigenvalue weighted by Gasteiger charge is -2.31. The first-order chi connectivity index (χ1) is 14.0. The van der Waals surface area contributed by atoms with E-state index in [4.69, 9.17) is 0 Å². The van der Waals surface area contributed by atoms with E-state index in [0.29, 0.717) is 32.0 Å². The fourth-order valence-electron chi connectivity index (χ4n) is 3.78. The molecule has 1 N–H and O–H groups in total. The number of piperidine rings is 1. The summed E-state index contributed by atoms with van der Waals surface area (Å²) in [7, 11) is 0. The van der Waals surface area contributed by atoms with Crippen molar-refractivity contribution in [2.75, 3.05) is 13.1 Å². The Morgan fingerprint density at radius 3 is 2.38 bits per heavy atom. The van der Waals surface area contributed by atoms with Crippen LogP contribution in [0.4, 0.5) is 0 Å². The second kappa shape index (κ2) is 10.2. The minimum Gasteiger partial charge on any atom is -0.352 e. The fourth-order valence-corrected chi connectivity index (χ4v) is 3.78. The number of carbonyl (C=O) groups is 2. The van der Waals surface area contributed by atoms with Gasteiger partial charge >= 0.3 is 0 Å². The van der Waals surface area contributed by atoms with Gasteiger partial charge in [-0.25, -0.2) is 0 Å². The molecule has 1 aliphatic rings. The smallest absolute Gasteiger partial charge is 0.226 e. The summed E-state index contributed by atoms with van der Waals surface area (Å²) >= 11 is 0. The number of hydrogen-bond acceptors (Lipinski definition) is 3. The van der Waals surface area contributed by atoms with Gasteiger partial charge in [-0.05, 0) is 47.9 Å². The van der Waals surface area contributed by atoms with Crippen LogP contribution in [0.3, 0.4) is 0 Å². The Labute approximate surface area is 173 Å². The molecule has 0 spiro atoms. The molecule has 2 aromatic rings. The van der Waals surface area contributed by atoms with Crippen molar-refractivity contribution in [1.82, 2.24) is 15.2 Å². The third kappa shape index (κ3) is 6.41. The molecule has 0 saturated carbocycles.